The van der Waals surface area contributed by atoms with Gasteiger partial charge in [-0.1, -0.05) is 30.3 Å². The molecule has 1 amide bonds. The number of nitrogens with zero attached hydrogens (tertiary/aromatic N) is 2. The van der Waals surface area contributed by atoms with E-state index in [1.807, 2.05) is 37.4 Å². The number of carbonyl (C=O) groups excluding carboxylic acids is 1. The molecule has 5 rings (SSSR count). The van der Waals surface area contributed by atoms with E-state index in [-0.39, 0.29) is 23.9 Å². The van der Waals surface area contributed by atoms with Crippen LogP contribution in [0.3, 0.4) is 0 Å². The predicted molar refractivity (Wildman–Crippen MR) is 134 cm³/mol. The van der Waals surface area contributed by atoms with Gasteiger partial charge in [0.1, 0.15) is 5.82 Å². The zero-order chi connectivity index (χ0) is 24.2. The highest BCUT2D eigenvalue weighted by atomic mass is 19.1. The molecular weight excluding hydrogens is 441 g/mol. The molecular formula is C29H30FN3O2. The maximum Gasteiger partial charge on any atom is 0.407 e. The van der Waals surface area contributed by atoms with Crippen LogP contribution in [-0.2, 0) is 11.2 Å². The van der Waals surface area contributed by atoms with Crippen molar-refractivity contribution in [2.45, 2.75) is 44.6 Å². The van der Waals surface area contributed by atoms with Gasteiger partial charge in [-0.15, -0.1) is 0 Å². The second-order valence-corrected chi connectivity index (χ2v) is 9.42. The molecule has 2 aliphatic carbocycles. The molecule has 4 atom stereocenters. The first-order valence-corrected chi connectivity index (χ1v) is 12.4. The highest BCUT2D eigenvalue weighted by molar-refractivity contribution is 5.67. The van der Waals surface area contributed by atoms with Crippen molar-refractivity contribution in [2.75, 3.05) is 6.61 Å². The summed E-state index contributed by atoms with van der Waals surface area (Å²) in [4.78, 5) is 21.3. The van der Waals surface area contributed by atoms with Crippen molar-refractivity contribution in [3.8, 4) is 11.1 Å². The fourth-order valence-corrected chi connectivity index (χ4v) is 5.65. The summed E-state index contributed by atoms with van der Waals surface area (Å²) < 4.78 is 18.7. The van der Waals surface area contributed by atoms with E-state index >= 15 is 0 Å². The Morgan fingerprint density at radius 2 is 2.06 bits per heavy atom. The van der Waals surface area contributed by atoms with Crippen LogP contribution in [0.1, 0.15) is 49.1 Å². The van der Waals surface area contributed by atoms with E-state index in [4.69, 9.17) is 9.72 Å². The molecule has 2 aromatic heterocycles. The summed E-state index contributed by atoms with van der Waals surface area (Å²) in [7, 11) is 0. The molecule has 1 N–H and O–H groups in total. The quantitative estimate of drug-likeness (QED) is 0.484. The molecule has 0 radical (unpaired) electrons. The molecule has 0 spiro atoms. The topological polar surface area (TPSA) is 64.1 Å². The Bertz CT molecular complexity index is 1210. The number of fused-ring (bicyclic) bond motifs is 2. The lowest BCUT2D eigenvalue weighted by atomic mass is 9.63. The van der Waals surface area contributed by atoms with Crippen molar-refractivity contribution in [1.29, 1.82) is 0 Å². The van der Waals surface area contributed by atoms with Crippen LogP contribution >= 0.6 is 0 Å². The van der Waals surface area contributed by atoms with Gasteiger partial charge in [-0.3, -0.25) is 9.97 Å². The smallest absolute Gasteiger partial charge is 0.407 e. The third-order valence-electron chi connectivity index (χ3n) is 7.24. The molecule has 0 unspecified atom stereocenters. The maximum atomic E-state index is 13.6. The minimum Gasteiger partial charge on any atom is -0.450 e. The van der Waals surface area contributed by atoms with Crippen LogP contribution in [0, 0.1) is 17.7 Å². The van der Waals surface area contributed by atoms with Crippen LogP contribution in [0.5, 0.6) is 0 Å². The van der Waals surface area contributed by atoms with Crippen molar-refractivity contribution in [3.63, 3.8) is 0 Å². The van der Waals surface area contributed by atoms with Crippen LogP contribution < -0.4 is 5.32 Å². The molecule has 6 heteroatoms. The van der Waals surface area contributed by atoms with Crippen molar-refractivity contribution in [3.05, 3.63) is 89.8 Å². The number of hydrogen-bond donors (Lipinski definition) is 1. The first-order valence-electron chi connectivity index (χ1n) is 12.4. The lowest BCUT2D eigenvalue weighted by molar-refractivity contribution is 0.128. The van der Waals surface area contributed by atoms with Gasteiger partial charge in [0.15, 0.2) is 0 Å². The van der Waals surface area contributed by atoms with E-state index in [1.54, 1.807) is 12.3 Å². The number of hydrogen-bond acceptors (Lipinski definition) is 4. The zero-order valence-electron chi connectivity index (χ0n) is 19.9. The fourth-order valence-electron chi connectivity index (χ4n) is 5.65. The summed E-state index contributed by atoms with van der Waals surface area (Å²) in [5.74, 6) is 0.903. The average molecular weight is 472 g/mol. The van der Waals surface area contributed by atoms with Crippen molar-refractivity contribution in [1.82, 2.24) is 15.3 Å². The van der Waals surface area contributed by atoms with Gasteiger partial charge in [0.05, 0.1) is 18.0 Å². The minimum atomic E-state index is -0.321. The van der Waals surface area contributed by atoms with Gasteiger partial charge in [0, 0.05) is 29.9 Å². The number of benzene rings is 1. The van der Waals surface area contributed by atoms with E-state index in [1.165, 1.54) is 17.7 Å². The van der Waals surface area contributed by atoms with E-state index in [2.05, 4.69) is 28.5 Å². The first-order chi connectivity index (χ1) is 17.1. The molecule has 0 bridgehead atoms. The van der Waals surface area contributed by atoms with Gasteiger partial charge >= 0.3 is 6.09 Å². The van der Waals surface area contributed by atoms with Crippen LogP contribution in [0.4, 0.5) is 9.18 Å². The molecule has 2 heterocycles. The molecule has 3 aromatic rings. The Balaban J connectivity index is 1.34. The number of pyridine rings is 2. The predicted octanol–water partition coefficient (Wildman–Crippen LogP) is 6.17. The third kappa shape index (κ3) is 5.26. The van der Waals surface area contributed by atoms with E-state index in [0.717, 1.165) is 48.2 Å². The molecule has 5 nitrogen and oxygen atoms in total. The summed E-state index contributed by atoms with van der Waals surface area (Å²) >= 11 is 0. The Kier molecular flexibility index (Phi) is 6.89. The number of aromatic nitrogens is 2. The van der Waals surface area contributed by atoms with E-state index < -0.39 is 0 Å². The van der Waals surface area contributed by atoms with Crippen molar-refractivity contribution in [2.24, 2.45) is 11.8 Å². The number of alkyl carbamates (subject to hydrolysis) is 1. The second-order valence-electron chi connectivity index (χ2n) is 9.42. The number of nitrogens with one attached hydrogen (secondary N) is 1. The number of carbonyl (C=O) groups is 1. The molecule has 1 aromatic carbocycles. The standard InChI is InChI=1S/C29H30FN3O2/c1-2-35-29(34)33-25-11-12-26-22(17-25)15-20-6-4-14-31-28(20)27(26)13-10-24-9-8-21(18-32-24)19-5-3-7-23(30)16-19/h3-10,13-14,16,18,22,25-27H,2,11-12,15,17H2,1H3,(H,33,34)/b13-10+/t22-,25+,26-,27+/m1/s1. The first kappa shape index (κ1) is 23.2. The molecule has 180 valence electrons. The molecule has 1 saturated carbocycles. The summed E-state index contributed by atoms with van der Waals surface area (Å²) in [6.07, 6.45) is 11.6. The van der Waals surface area contributed by atoms with Gasteiger partial charge in [0.25, 0.3) is 0 Å². The molecule has 0 aliphatic heterocycles. The Hall–Kier alpha value is -3.54. The summed E-state index contributed by atoms with van der Waals surface area (Å²) in [6, 6.07) is 14.8. The number of ether oxygens (including phenoxy) is 1. The van der Waals surface area contributed by atoms with Gasteiger partial charge in [0.2, 0.25) is 0 Å². The normalized spacial score (nSPS) is 23.4. The van der Waals surface area contributed by atoms with Crippen LogP contribution in [0.2, 0.25) is 0 Å². The average Bonchev–Trinajstić information content (AvgIpc) is 2.87. The fraction of sp³-hybridized carbons (Fsp3) is 0.345. The Labute approximate surface area is 205 Å². The maximum absolute atomic E-state index is 13.6. The summed E-state index contributed by atoms with van der Waals surface area (Å²) in [6.45, 7) is 2.20. The molecule has 1 fully saturated rings. The monoisotopic (exact) mass is 471 g/mol. The second kappa shape index (κ2) is 10.4. The third-order valence-corrected chi connectivity index (χ3v) is 7.24. The number of rotatable bonds is 5. The lowest BCUT2D eigenvalue weighted by Crippen LogP contribution is -2.44. The van der Waals surface area contributed by atoms with Crippen LogP contribution in [0.15, 0.2) is 67.0 Å². The number of halogens is 1. The molecule has 35 heavy (non-hydrogen) atoms. The Morgan fingerprint density at radius 3 is 2.86 bits per heavy atom. The SMILES string of the molecule is CCOC(=O)N[C@H]1CC[C@@H]2[C@H](Cc3cccnc3[C@H]2/C=C/c2ccc(-c3cccc(F)c3)cn2)C1. The largest absolute Gasteiger partial charge is 0.450 e. The number of allylic oxidation sites excluding steroid dienone is 1. The van der Waals surface area contributed by atoms with E-state index in [9.17, 15) is 9.18 Å². The lowest BCUT2D eigenvalue weighted by Gasteiger charge is -2.43. The molecule has 0 saturated heterocycles. The van der Waals surface area contributed by atoms with Crippen LogP contribution in [-0.4, -0.2) is 28.7 Å². The van der Waals surface area contributed by atoms with Crippen molar-refractivity contribution >= 4 is 12.2 Å². The molecule has 2 aliphatic rings. The highest BCUT2D eigenvalue weighted by Gasteiger charge is 2.40. The van der Waals surface area contributed by atoms with Gasteiger partial charge < -0.3 is 10.1 Å². The van der Waals surface area contributed by atoms with Gasteiger partial charge in [-0.2, -0.15) is 0 Å². The van der Waals surface area contributed by atoms with E-state index in [0.29, 0.717) is 18.4 Å². The van der Waals surface area contributed by atoms with Gasteiger partial charge in [-0.05, 0) is 85.9 Å². The Morgan fingerprint density at radius 1 is 1.14 bits per heavy atom. The zero-order valence-corrected chi connectivity index (χ0v) is 19.9. The minimum absolute atomic E-state index is 0.148. The summed E-state index contributed by atoms with van der Waals surface area (Å²) in [5.41, 5.74) is 5.00. The summed E-state index contributed by atoms with van der Waals surface area (Å²) in [5, 5.41) is 3.04. The van der Waals surface area contributed by atoms with Gasteiger partial charge in [-0.25, -0.2) is 9.18 Å². The highest BCUT2D eigenvalue weighted by Crippen LogP contribution is 2.47. The van der Waals surface area contributed by atoms with Crippen LogP contribution in [0.25, 0.3) is 17.2 Å². The van der Waals surface area contributed by atoms with Crippen molar-refractivity contribution < 1.29 is 13.9 Å². The number of amides is 1.